The molecule has 6 heteroatoms. The number of aryl methyl sites for hydroxylation is 1. The number of anilines is 1. The average Bonchev–Trinajstić information content (AvgIpc) is 3.80. The summed E-state index contributed by atoms with van der Waals surface area (Å²) in [7, 11) is 1.73. The number of hydrogen-bond acceptors (Lipinski definition) is 4. The zero-order valence-electron chi connectivity index (χ0n) is 23.1. The van der Waals surface area contributed by atoms with E-state index in [1.54, 1.807) is 7.11 Å². The SMILES string of the molecule is CCc1cccc(-c2ccc(OC)cc2N2CCC(COc3cccc([C@@H](CC(=O)O)C4CC4)c3)CC2)c1.S. The Bertz CT molecular complexity index is 1250. The summed E-state index contributed by atoms with van der Waals surface area (Å²) in [5.74, 6) is 2.09. The Morgan fingerprint density at radius 3 is 2.44 bits per heavy atom. The van der Waals surface area contributed by atoms with Crippen LogP contribution in [0.2, 0.25) is 0 Å². The van der Waals surface area contributed by atoms with Crippen LogP contribution < -0.4 is 14.4 Å². The van der Waals surface area contributed by atoms with Gasteiger partial charge in [-0.2, -0.15) is 13.5 Å². The first-order valence-electron chi connectivity index (χ1n) is 14.0. The molecule has 2 aliphatic rings. The number of rotatable bonds is 11. The topological polar surface area (TPSA) is 59.0 Å². The van der Waals surface area contributed by atoms with Crippen molar-refractivity contribution in [3.05, 3.63) is 77.9 Å². The molecule has 0 spiro atoms. The van der Waals surface area contributed by atoms with Gasteiger partial charge in [0.2, 0.25) is 0 Å². The Balaban J connectivity index is 0.00000353. The van der Waals surface area contributed by atoms with Crippen LogP contribution in [0.25, 0.3) is 11.1 Å². The van der Waals surface area contributed by atoms with Gasteiger partial charge in [-0.3, -0.25) is 4.79 Å². The van der Waals surface area contributed by atoms with E-state index in [9.17, 15) is 9.90 Å². The molecular weight excluding hydrogens is 506 g/mol. The van der Waals surface area contributed by atoms with Gasteiger partial charge in [-0.25, -0.2) is 0 Å². The van der Waals surface area contributed by atoms with E-state index in [0.29, 0.717) is 18.4 Å². The van der Waals surface area contributed by atoms with Crippen molar-refractivity contribution >= 4 is 25.2 Å². The molecule has 1 saturated carbocycles. The van der Waals surface area contributed by atoms with Crippen molar-refractivity contribution in [2.75, 3.05) is 31.7 Å². The zero-order valence-corrected chi connectivity index (χ0v) is 24.1. The molecule has 1 aliphatic carbocycles. The molecule has 5 rings (SSSR count). The fourth-order valence-electron chi connectivity index (χ4n) is 5.74. The molecule has 3 aromatic carbocycles. The number of hydrogen-bond donors (Lipinski definition) is 1. The molecule has 0 unspecified atom stereocenters. The van der Waals surface area contributed by atoms with E-state index < -0.39 is 5.97 Å². The third kappa shape index (κ3) is 7.30. The van der Waals surface area contributed by atoms with Crippen LogP contribution in [0.1, 0.15) is 56.1 Å². The first-order chi connectivity index (χ1) is 18.5. The Hall–Kier alpha value is -3.12. The fraction of sp³-hybridized carbons (Fsp3) is 0.424. The van der Waals surface area contributed by atoms with Gasteiger partial charge in [0.15, 0.2) is 0 Å². The van der Waals surface area contributed by atoms with Gasteiger partial charge in [-0.1, -0.05) is 43.3 Å². The lowest BCUT2D eigenvalue weighted by Crippen LogP contribution is -2.35. The van der Waals surface area contributed by atoms with Crippen molar-refractivity contribution in [3.8, 4) is 22.6 Å². The van der Waals surface area contributed by atoms with E-state index in [1.165, 1.54) is 22.4 Å². The van der Waals surface area contributed by atoms with Crippen LogP contribution in [0.4, 0.5) is 5.69 Å². The third-order valence-electron chi connectivity index (χ3n) is 8.16. The van der Waals surface area contributed by atoms with Gasteiger partial charge < -0.3 is 19.5 Å². The molecule has 1 saturated heterocycles. The smallest absolute Gasteiger partial charge is 0.303 e. The predicted octanol–water partition coefficient (Wildman–Crippen LogP) is 7.30. The second kappa shape index (κ2) is 13.3. The van der Waals surface area contributed by atoms with Crippen molar-refractivity contribution < 1.29 is 19.4 Å². The minimum absolute atomic E-state index is 0. The van der Waals surface area contributed by atoms with Crippen LogP contribution >= 0.6 is 13.5 Å². The summed E-state index contributed by atoms with van der Waals surface area (Å²) in [6, 6.07) is 23.4. The van der Waals surface area contributed by atoms with Gasteiger partial charge >= 0.3 is 5.97 Å². The van der Waals surface area contributed by atoms with Crippen LogP contribution in [-0.2, 0) is 11.2 Å². The maximum absolute atomic E-state index is 11.4. The van der Waals surface area contributed by atoms with Crippen LogP contribution in [0, 0.1) is 11.8 Å². The Morgan fingerprint density at radius 1 is 0.974 bits per heavy atom. The Morgan fingerprint density at radius 2 is 1.74 bits per heavy atom. The van der Waals surface area contributed by atoms with Gasteiger partial charge in [0.25, 0.3) is 0 Å². The highest BCUT2D eigenvalue weighted by Gasteiger charge is 2.34. The minimum atomic E-state index is -0.725. The fourth-order valence-corrected chi connectivity index (χ4v) is 5.74. The monoisotopic (exact) mass is 547 g/mol. The molecule has 1 atom stereocenters. The summed E-state index contributed by atoms with van der Waals surface area (Å²) in [6.07, 6.45) is 5.60. The molecule has 0 radical (unpaired) electrons. The quantitative estimate of drug-likeness (QED) is 0.273. The maximum atomic E-state index is 11.4. The zero-order chi connectivity index (χ0) is 26.5. The average molecular weight is 548 g/mol. The molecule has 0 bridgehead atoms. The van der Waals surface area contributed by atoms with E-state index in [2.05, 4.69) is 66.4 Å². The van der Waals surface area contributed by atoms with Gasteiger partial charge in [-0.15, -0.1) is 0 Å². The lowest BCUT2D eigenvalue weighted by atomic mass is 9.91. The Kier molecular flexibility index (Phi) is 9.84. The number of piperidine rings is 1. The minimum Gasteiger partial charge on any atom is -0.497 e. The van der Waals surface area contributed by atoms with E-state index in [4.69, 9.17) is 9.47 Å². The van der Waals surface area contributed by atoms with Crippen molar-refractivity contribution in [3.63, 3.8) is 0 Å². The molecule has 0 amide bonds. The number of carboxylic acid groups (broad SMARTS) is 1. The highest BCUT2D eigenvalue weighted by molar-refractivity contribution is 7.59. The molecular formula is C33H41NO4S. The van der Waals surface area contributed by atoms with Crippen LogP contribution in [0.3, 0.4) is 0 Å². The van der Waals surface area contributed by atoms with Crippen molar-refractivity contribution in [1.82, 2.24) is 0 Å². The van der Waals surface area contributed by atoms with E-state index in [1.807, 2.05) is 12.1 Å². The van der Waals surface area contributed by atoms with Crippen LogP contribution in [0.5, 0.6) is 11.5 Å². The number of carboxylic acids is 1. The summed E-state index contributed by atoms with van der Waals surface area (Å²) in [6.45, 7) is 4.83. The standard InChI is InChI=1S/C33H39NO4.H2S/c1-3-23-6-4-7-26(18-23)30-13-12-28(37-2)20-32(30)34-16-14-24(15-17-34)22-38-29-9-5-8-27(19-29)31(21-33(35)36)25-10-11-25;/h4-9,12-13,18-20,24-25,31H,3,10-11,14-17,21-22H2,1-2H3,(H,35,36);1H2/t31-;/m0./s1. The predicted molar refractivity (Wildman–Crippen MR) is 163 cm³/mol. The molecule has 2 fully saturated rings. The molecule has 1 heterocycles. The van der Waals surface area contributed by atoms with Gasteiger partial charge in [0.1, 0.15) is 11.5 Å². The van der Waals surface area contributed by atoms with Crippen molar-refractivity contribution in [2.24, 2.45) is 11.8 Å². The normalized spacial score (nSPS) is 16.3. The summed E-state index contributed by atoms with van der Waals surface area (Å²) in [4.78, 5) is 13.9. The number of carbonyl (C=O) groups is 1. The van der Waals surface area contributed by atoms with Crippen LogP contribution in [0.15, 0.2) is 66.7 Å². The first kappa shape index (κ1) is 28.9. The third-order valence-corrected chi connectivity index (χ3v) is 8.16. The molecule has 1 N–H and O–H groups in total. The molecule has 5 nitrogen and oxygen atoms in total. The molecule has 3 aromatic rings. The molecule has 208 valence electrons. The van der Waals surface area contributed by atoms with Crippen molar-refractivity contribution in [1.29, 1.82) is 0 Å². The number of ether oxygens (including phenoxy) is 2. The number of benzene rings is 3. The largest absolute Gasteiger partial charge is 0.497 e. The molecule has 0 aromatic heterocycles. The van der Waals surface area contributed by atoms with E-state index in [0.717, 1.165) is 62.3 Å². The Labute approximate surface area is 239 Å². The second-order valence-electron chi connectivity index (χ2n) is 10.8. The highest BCUT2D eigenvalue weighted by atomic mass is 32.1. The summed E-state index contributed by atoms with van der Waals surface area (Å²) in [5.41, 5.74) is 6.17. The van der Waals surface area contributed by atoms with E-state index >= 15 is 0 Å². The van der Waals surface area contributed by atoms with Gasteiger partial charge in [0, 0.05) is 30.4 Å². The highest BCUT2D eigenvalue weighted by Crippen LogP contribution is 2.45. The number of aliphatic carboxylic acids is 1. The number of methoxy groups -OCH3 is 1. The summed E-state index contributed by atoms with van der Waals surface area (Å²) >= 11 is 0. The lowest BCUT2D eigenvalue weighted by molar-refractivity contribution is -0.137. The van der Waals surface area contributed by atoms with Crippen LogP contribution in [-0.4, -0.2) is 37.9 Å². The molecule has 39 heavy (non-hydrogen) atoms. The molecule has 1 aliphatic heterocycles. The van der Waals surface area contributed by atoms with Gasteiger partial charge in [-0.05, 0) is 90.8 Å². The summed E-state index contributed by atoms with van der Waals surface area (Å²) < 4.78 is 11.8. The second-order valence-corrected chi connectivity index (χ2v) is 10.8. The summed E-state index contributed by atoms with van der Waals surface area (Å²) in [5, 5.41) is 9.36. The number of nitrogens with zero attached hydrogens (tertiary/aromatic N) is 1. The van der Waals surface area contributed by atoms with Gasteiger partial charge in [0.05, 0.1) is 20.1 Å². The first-order valence-corrected chi connectivity index (χ1v) is 14.0. The van der Waals surface area contributed by atoms with Crippen molar-refractivity contribution in [2.45, 2.75) is 51.4 Å². The lowest BCUT2D eigenvalue weighted by Gasteiger charge is -2.35. The van der Waals surface area contributed by atoms with E-state index in [-0.39, 0.29) is 25.8 Å². The maximum Gasteiger partial charge on any atom is 0.303 e.